The quantitative estimate of drug-likeness (QED) is 0.683. The van der Waals surface area contributed by atoms with Gasteiger partial charge in [0.1, 0.15) is 0 Å². The van der Waals surface area contributed by atoms with Crippen molar-refractivity contribution in [2.45, 2.75) is 25.8 Å². The summed E-state index contributed by atoms with van der Waals surface area (Å²) in [6.45, 7) is 2.92. The van der Waals surface area contributed by atoms with Crippen molar-refractivity contribution in [3.63, 3.8) is 0 Å². The van der Waals surface area contributed by atoms with Crippen LogP contribution in [-0.2, 0) is 0 Å². The maximum Gasteiger partial charge on any atom is 0.311 e. The number of furan rings is 1. The fourth-order valence-electron chi connectivity index (χ4n) is 2.78. The average molecular weight is 330 g/mol. The van der Waals surface area contributed by atoms with Crippen LogP contribution in [0.25, 0.3) is 0 Å². The molecular weight excluding hydrogens is 312 g/mol. The summed E-state index contributed by atoms with van der Waals surface area (Å²) in [6.07, 6.45) is 2.86. The maximum atomic E-state index is 12.2. The third-order valence-electron chi connectivity index (χ3n) is 4.06. The Balaban J connectivity index is 1.63. The minimum Gasteiger partial charge on any atom is -0.459 e. The lowest BCUT2D eigenvalue weighted by molar-refractivity contribution is -0.384. The molecule has 0 bridgehead atoms. The van der Waals surface area contributed by atoms with Gasteiger partial charge < -0.3 is 14.6 Å². The van der Waals surface area contributed by atoms with E-state index in [1.165, 1.54) is 12.3 Å². The van der Waals surface area contributed by atoms with Gasteiger partial charge in [0.15, 0.2) is 5.76 Å². The highest BCUT2D eigenvalue weighted by molar-refractivity contribution is 5.91. The van der Waals surface area contributed by atoms with Gasteiger partial charge in [-0.15, -0.1) is 0 Å². The molecule has 0 unspecified atom stereocenters. The van der Waals surface area contributed by atoms with E-state index in [4.69, 9.17) is 4.42 Å². The van der Waals surface area contributed by atoms with Crippen molar-refractivity contribution >= 4 is 17.4 Å². The van der Waals surface area contributed by atoms with Gasteiger partial charge in [-0.05, 0) is 38.0 Å². The summed E-state index contributed by atoms with van der Waals surface area (Å²) in [5.74, 6) is 0.492. The molecule has 0 atom stereocenters. The SMILES string of the molecule is Cc1ccc([N+](=O)[O-])c(NC2CCN(C(=O)c3ccco3)CC2)n1. The normalized spacial score (nSPS) is 15.3. The van der Waals surface area contributed by atoms with Crippen molar-refractivity contribution in [3.8, 4) is 0 Å². The topological polar surface area (TPSA) is 102 Å². The Kier molecular flexibility index (Phi) is 4.45. The molecule has 1 aliphatic heterocycles. The summed E-state index contributed by atoms with van der Waals surface area (Å²) in [5.41, 5.74) is 0.684. The number of carbonyl (C=O) groups excluding carboxylic acids is 1. The summed E-state index contributed by atoms with van der Waals surface area (Å²) in [5, 5.41) is 14.3. The molecule has 3 heterocycles. The third-order valence-corrected chi connectivity index (χ3v) is 4.06. The standard InChI is InChI=1S/C16H18N4O4/c1-11-4-5-13(20(22)23)15(17-11)18-12-6-8-19(9-7-12)16(21)14-3-2-10-24-14/h2-5,10,12H,6-9H2,1H3,(H,17,18). The minimum atomic E-state index is -0.440. The van der Waals surface area contributed by atoms with Crippen LogP contribution in [0.2, 0.25) is 0 Å². The van der Waals surface area contributed by atoms with Crippen LogP contribution < -0.4 is 5.32 Å². The maximum absolute atomic E-state index is 12.2. The van der Waals surface area contributed by atoms with Gasteiger partial charge in [-0.3, -0.25) is 14.9 Å². The molecule has 0 aromatic carbocycles. The molecule has 0 saturated carbocycles. The lowest BCUT2D eigenvalue weighted by Gasteiger charge is -2.32. The first kappa shape index (κ1) is 16.0. The van der Waals surface area contributed by atoms with Crippen molar-refractivity contribution in [2.75, 3.05) is 18.4 Å². The molecule has 1 saturated heterocycles. The third kappa shape index (κ3) is 3.37. The number of aryl methyl sites for hydroxylation is 1. The second kappa shape index (κ2) is 6.69. The monoisotopic (exact) mass is 330 g/mol. The van der Waals surface area contributed by atoms with Gasteiger partial charge in [0.05, 0.1) is 11.2 Å². The van der Waals surface area contributed by atoms with Crippen molar-refractivity contribution < 1.29 is 14.1 Å². The number of piperidine rings is 1. The van der Waals surface area contributed by atoms with Crippen LogP contribution in [0.4, 0.5) is 11.5 Å². The summed E-state index contributed by atoms with van der Waals surface area (Å²) < 4.78 is 5.13. The van der Waals surface area contributed by atoms with Gasteiger partial charge in [-0.2, -0.15) is 0 Å². The van der Waals surface area contributed by atoms with Crippen molar-refractivity contribution in [1.29, 1.82) is 0 Å². The zero-order valence-electron chi connectivity index (χ0n) is 13.3. The van der Waals surface area contributed by atoms with Crippen LogP contribution in [0.1, 0.15) is 29.1 Å². The summed E-state index contributed by atoms with van der Waals surface area (Å²) in [7, 11) is 0. The van der Waals surface area contributed by atoms with E-state index in [0.717, 1.165) is 0 Å². The van der Waals surface area contributed by atoms with E-state index in [9.17, 15) is 14.9 Å². The van der Waals surface area contributed by atoms with Gasteiger partial charge in [-0.25, -0.2) is 4.98 Å². The van der Waals surface area contributed by atoms with Gasteiger partial charge in [0.25, 0.3) is 5.91 Å². The fourth-order valence-corrected chi connectivity index (χ4v) is 2.78. The number of nitrogens with zero attached hydrogens (tertiary/aromatic N) is 3. The van der Waals surface area contributed by atoms with Crippen molar-refractivity contribution in [2.24, 2.45) is 0 Å². The van der Waals surface area contributed by atoms with Crippen LogP contribution in [-0.4, -0.2) is 39.8 Å². The lowest BCUT2D eigenvalue weighted by atomic mass is 10.0. The Morgan fingerprint density at radius 3 is 2.75 bits per heavy atom. The van der Waals surface area contributed by atoms with E-state index in [1.807, 2.05) is 0 Å². The van der Waals surface area contributed by atoms with Crippen molar-refractivity contribution in [3.05, 3.63) is 52.1 Å². The molecule has 1 N–H and O–H groups in total. The number of nitro groups is 1. The molecule has 3 rings (SSSR count). The number of rotatable bonds is 4. The highest BCUT2D eigenvalue weighted by Gasteiger charge is 2.26. The van der Waals surface area contributed by atoms with Gasteiger partial charge in [0.2, 0.25) is 5.82 Å². The van der Waals surface area contributed by atoms with Gasteiger partial charge in [-0.1, -0.05) is 0 Å². The number of carbonyl (C=O) groups is 1. The van der Waals surface area contributed by atoms with Crippen LogP contribution in [0.3, 0.4) is 0 Å². The Bertz CT molecular complexity index is 737. The number of hydrogen-bond acceptors (Lipinski definition) is 6. The predicted molar refractivity (Wildman–Crippen MR) is 86.9 cm³/mol. The minimum absolute atomic E-state index is 0.0327. The van der Waals surface area contributed by atoms with E-state index in [-0.39, 0.29) is 23.5 Å². The van der Waals surface area contributed by atoms with Crippen LogP contribution in [0.5, 0.6) is 0 Å². The zero-order chi connectivity index (χ0) is 17.1. The number of pyridine rings is 1. The second-order valence-corrected chi connectivity index (χ2v) is 5.77. The van der Waals surface area contributed by atoms with Crippen LogP contribution in [0, 0.1) is 17.0 Å². The van der Waals surface area contributed by atoms with Gasteiger partial charge >= 0.3 is 5.69 Å². The van der Waals surface area contributed by atoms with E-state index in [2.05, 4.69) is 10.3 Å². The molecule has 2 aromatic rings. The number of amides is 1. The first-order valence-electron chi connectivity index (χ1n) is 7.76. The number of hydrogen-bond donors (Lipinski definition) is 1. The number of aromatic nitrogens is 1. The highest BCUT2D eigenvalue weighted by Crippen LogP contribution is 2.25. The molecular formula is C16H18N4O4. The van der Waals surface area contributed by atoms with E-state index in [0.29, 0.717) is 37.4 Å². The van der Waals surface area contributed by atoms with Crippen molar-refractivity contribution in [1.82, 2.24) is 9.88 Å². The van der Waals surface area contributed by atoms with E-state index >= 15 is 0 Å². The molecule has 8 heteroatoms. The molecule has 8 nitrogen and oxygen atoms in total. The van der Waals surface area contributed by atoms with Crippen LogP contribution in [0.15, 0.2) is 34.9 Å². The smallest absolute Gasteiger partial charge is 0.311 e. The molecule has 1 fully saturated rings. The molecule has 24 heavy (non-hydrogen) atoms. The Morgan fingerprint density at radius 2 is 2.12 bits per heavy atom. The first-order valence-corrected chi connectivity index (χ1v) is 7.76. The Hall–Kier alpha value is -2.90. The predicted octanol–water partition coefficient (Wildman–Crippen LogP) is 2.61. The molecule has 1 aliphatic rings. The Morgan fingerprint density at radius 1 is 1.38 bits per heavy atom. The number of anilines is 1. The largest absolute Gasteiger partial charge is 0.459 e. The molecule has 0 aliphatic carbocycles. The Labute approximate surface area is 138 Å². The molecule has 1 amide bonds. The van der Waals surface area contributed by atoms with Crippen LogP contribution >= 0.6 is 0 Å². The lowest BCUT2D eigenvalue weighted by Crippen LogP contribution is -2.42. The second-order valence-electron chi connectivity index (χ2n) is 5.77. The summed E-state index contributed by atoms with van der Waals surface area (Å²) in [4.78, 5) is 28.9. The molecule has 2 aromatic heterocycles. The van der Waals surface area contributed by atoms with E-state index < -0.39 is 4.92 Å². The number of likely N-dealkylation sites (tertiary alicyclic amines) is 1. The summed E-state index contributed by atoms with van der Waals surface area (Å²) in [6, 6.07) is 6.45. The average Bonchev–Trinajstić information content (AvgIpc) is 3.09. The molecule has 0 radical (unpaired) electrons. The summed E-state index contributed by atoms with van der Waals surface area (Å²) >= 11 is 0. The number of nitrogens with one attached hydrogen (secondary N) is 1. The first-order chi connectivity index (χ1) is 11.5. The highest BCUT2D eigenvalue weighted by atomic mass is 16.6. The zero-order valence-corrected chi connectivity index (χ0v) is 13.3. The van der Waals surface area contributed by atoms with Gasteiger partial charge in [0, 0.05) is 30.9 Å². The molecule has 0 spiro atoms. The van der Waals surface area contributed by atoms with E-state index in [1.54, 1.807) is 30.0 Å². The molecule has 126 valence electrons. The fraction of sp³-hybridized carbons (Fsp3) is 0.375.